The smallest absolute Gasteiger partial charge is 0.319 e. The minimum absolute atomic E-state index is 0.00596. The molecule has 0 unspecified atom stereocenters. The Balaban J connectivity index is 1.82. The number of hydrogen-bond donors (Lipinski definition) is 3. The summed E-state index contributed by atoms with van der Waals surface area (Å²) in [6.45, 7) is 10.7. The molecule has 0 fully saturated rings. The highest BCUT2D eigenvalue weighted by atomic mass is 35.5. The van der Waals surface area contributed by atoms with Gasteiger partial charge in [0.2, 0.25) is 5.90 Å². The fraction of sp³-hybridized carbons (Fsp3) is 0.280. The van der Waals surface area contributed by atoms with Crippen LogP contribution in [0, 0.1) is 0 Å². The number of carbonyl (C=O) groups is 1. The number of benzene rings is 2. The molecule has 2 aromatic carbocycles. The van der Waals surface area contributed by atoms with Gasteiger partial charge in [-0.3, -0.25) is 4.79 Å². The van der Waals surface area contributed by atoms with Crippen molar-refractivity contribution in [2.45, 2.75) is 33.4 Å². The van der Waals surface area contributed by atoms with E-state index in [0.717, 1.165) is 22.0 Å². The Kier molecular flexibility index (Phi) is 8.70. The van der Waals surface area contributed by atoms with Crippen LogP contribution in [0.5, 0.6) is 5.75 Å². The lowest BCUT2D eigenvalue weighted by Gasteiger charge is -2.13. The first-order valence-electron chi connectivity index (χ1n) is 10.9. The fourth-order valence-corrected chi connectivity index (χ4v) is 3.66. The Morgan fingerprint density at radius 3 is 2.76 bits per heavy atom. The fourth-order valence-electron chi connectivity index (χ4n) is 3.44. The predicted molar refractivity (Wildman–Crippen MR) is 135 cm³/mol. The number of rotatable bonds is 10. The zero-order valence-corrected chi connectivity index (χ0v) is 20.2. The van der Waals surface area contributed by atoms with E-state index in [1.165, 1.54) is 0 Å². The number of para-hydroxylation sites is 1. The second kappa shape index (κ2) is 11.7. The molecule has 34 heavy (non-hydrogen) atoms. The largest absolute Gasteiger partial charge is 0.489 e. The van der Waals surface area contributed by atoms with E-state index in [0.29, 0.717) is 35.2 Å². The van der Waals surface area contributed by atoms with Crippen LogP contribution in [0.4, 0.5) is 0 Å². The number of halogens is 1. The van der Waals surface area contributed by atoms with Crippen LogP contribution in [0.2, 0.25) is 5.02 Å². The molecule has 0 saturated carbocycles. The van der Waals surface area contributed by atoms with E-state index in [1.807, 2.05) is 38.2 Å². The number of ether oxygens (including phenoxy) is 2. The average Bonchev–Trinajstić information content (AvgIpc) is 3.22. The summed E-state index contributed by atoms with van der Waals surface area (Å²) in [4.78, 5) is 24.4. The van der Waals surface area contributed by atoms with Crippen molar-refractivity contribution in [1.29, 1.82) is 0 Å². The van der Waals surface area contributed by atoms with Crippen molar-refractivity contribution in [3.63, 3.8) is 0 Å². The predicted octanol–water partition coefficient (Wildman–Crippen LogP) is 4.57. The number of nitrogens with zero attached hydrogens (tertiary/aromatic N) is 1. The summed E-state index contributed by atoms with van der Waals surface area (Å²) in [6.07, 6.45) is 1.88. The third-order valence-corrected chi connectivity index (χ3v) is 5.19. The van der Waals surface area contributed by atoms with Crippen molar-refractivity contribution >= 4 is 40.1 Å². The Hall–Kier alpha value is -3.33. The van der Waals surface area contributed by atoms with Crippen LogP contribution < -0.4 is 16.0 Å². The molecule has 180 valence electrons. The molecule has 0 radical (unpaired) electrons. The van der Waals surface area contributed by atoms with Gasteiger partial charge in [0.1, 0.15) is 5.75 Å². The molecule has 0 aliphatic carbocycles. The third kappa shape index (κ3) is 6.17. The van der Waals surface area contributed by atoms with Crippen molar-refractivity contribution in [2.24, 2.45) is 10.9 Å². The SMILES string of the molecule is C=C(/N=C(\ON)c1ccc(OC(C)C)c(Cl)c1)c1cccc2c(CNCC(=O)OCC)c[nH]c12. The summed E-state index contributed by atoms with van der Waals surface area (Å²) < 4.78 is 10.6. The van der Waals surface area contributed by atoms with Gasteiger partial charge in [-0.05, 0) is 44.5 Å². The highest BCUT2D eigenvalue weighted by molar-refractivity contribution is 6.32. The molecule has 0 aliphatic rings. The normalized spacial score (nSPS) is 11.6. The number of hydrogen-bond acceptors (Lipinski definition) is 7. The minimum atomic E-state index is -0.288. The number of aromatic nitrogens is 1. The highest BCUT2D eigenvalue weighted by Gasteiger charge is 2.14. The van der Waals surface area contributed by atoms with Gasteiger partial charge in [0.25, 0.3) is 0 Å². The topological polar surface area (TPSA) is 111 Å². The molecule has 0 amide bonds. The third-order valence-electron chi connectivity index (χ3n) is 4.89. The number of esters is 1. The molecule has 9 heteroatoms. The van der Waals surface area contributed by atoms with Crippen LogP contribution in [0.1, 0.15) is 37.5 Å². The average molecular weight is 485 g/mol. The number of nitrogens with two attached hydrogens (primary N) is 1. The molecule has 0 spiro atoms. The van der Waals surface area contributed by atoms with Crippen molar-refractivity contribution in [3.8, 4) is 5.75 Å². The number of nitrogens with one attached hydrogen (secondary N) is 2. The van der Waals surface area contributed by atoms with Crippen LogP contribution >= 0.6 is 11.6 Å². The lowest BCUT2D eigenvalue weighted by Crippen LogP contribution is -2.24. The Morgan fingerprint density at radius 2 is 2.09 bits per heavy atom. The molecule has 3 rings (SSSR count). The second-order valence-corrected chi connectivity index (χ2v) is 8.15. The van der Waals surface area contributed by atoms with Gasteiger partial charge in [-0.25, -0.2) is 4.99 Å². The van der Waals surface area contributed by atoms with E-state index in [9.17, 15) is 4.79 Å². The second-order valence-electron chi connectivity index (χ2n) is 7.74. The summed E-state index contributed by atoms with van der Waals surface area (Å²) >= 11 is 6.35. The van der Waals surface area contributed by atoms with E-state index in [2.05, 4.69) is 21.9 Å². The van der Waals surface area contributed by atoms with E-state index >= 15 is 0 Å². The number of carbonyl (C=O) groups excluding carboxylic acids is 1. The number of fused-ring (bicyclic) bond motifs is 1. The van der Waals surface area contributed by atoms with Gasteiger partial charge in [-0.2, -0.15) is 5.90 Å². The molecular weight excluding hydrogens is 456 g/mol. The Morgan fingerprint density at radius 1 is 1.29 bits per heavy atom. The maximum Gasteiger partial charge on any atom is 0.319 e. The van der Waals surface area contributed by atoms with E-state index in [4.69, 9.17) is 31.8 Å². The lowest BCUT2D eigenvalue weighted by atomic mass is 10.1. The van der Waals surface area contributed by atoms with Gasteiger partial charge >= 0.3 is 5.97 Å². The molecule has 0 aliphatic heterocycles. The molecule has 1 heterocycles. The number of aliphatic imine (C=N–C) groups is 1. The summed E-state index contributed by atoms with van der Waals surface area (Å²) in [6, 6.07) is 11.0. The van der Waals surface area contributed by atoms with Gasteiger partial charge in [-0.15, -0.1) is 0 Å². The lowest BCUT2D eigenvalue weighted by molar-refractivity contribution is -0.142. The van der Waals surface area contributed by atoms with Crippen molar-refractivity contribution < 1.29 is 19.1 Å². The van der Waals surface area contributed by atoms with Gasteiger partial charge in [0.05, 0.1) is 35.5 Å². The van der Waals surface area contributed by atoms with Crippen molar-refractivity contribution in [3.05, 3.63) is 70.9 Å². The molecule has 1 aromatic heterocycles. The maximum atomic E-state index is 11.6. The molecule has 0 bridgehead atoms. The minimum Gasteiger partial charge on any atom is -0.489 e. The molecule has 0 saturated heterocycles. The standard InChI is InChI=1S/C25H29ClN4O4/c1-5-32-23(31)14-28-12-18-13-29-24-19(7-6-8-20(18)24)16(4)30-25(34-27)17-9-10-22(21(26)11-17)33-15(2)3/h6-11,13,15,28-29H,4-5,12,14,27H2,1-3H3/b30-25-. The van der Waals surface area contributed by atoms with E-state index < -0.39 is 0 Å². The Bertz CT molecular complexity index is 1200. The Labute approximate surface area is 203 Å². The maximum absolute atomic E-state index is 11.6. The van der Waals surface area contributed by atoms with Crippen LogP contribution in [-0.2, 0) is 20.9 Å². The monoisotopic (exact) mass is 484 g/mol. The first-order valence-corrected chi connectivity index (χ1v) is 11.3. The zero-order chi connectivity index (χ0) is 24.7. The van der Waals surface area contributed by atoms with Gasteiger partial charge in [-0.1, -0.05) is 36.4 Å². The molecule has 4 N–H and O–H groups in total. The summed E-state index contributed by atoms with van der Waals surface area (Å²) in [5, 5.41) is 4.50. The van der Waals surface area contributed by atoms with E-state index in [1.54, 1.807) is 25.1 Å². The van der Waals surface area contributed by atoms with Gasteiger partial charge < -0.3 is 24.6 Å². The quantitative estimate of drug-likeness (QED) is 0.168. The zero-order valence-electron chi connectivity index (χ0n) is 19.5. The summed E-state index contributed by atoms with van der Waals surface area (Å²) in [5.74, 6) is 5.96. The van der Waals surface area contributed by atoms with Crippen molar-refractivity contribution in [2.75, 3.05) is 13.2 Å². The van der Waals surface area contributed by atoms with E-state index in [-0.39, 0.29) is 24.5 Å². The first kappa shape index (κ1) is 25.3. The summed E-state index contributed by atoms with van der Waals surface area (Å²) in [7, 11) is 0. The first-order chi connectivity index (χ1) is 16.3. The van der Waals surface area contributed by atoms with Crippen LogP contribution in [0.3, 0.4) is 0 Å². The molecule has 0 atom stereocenters. The van der Waals surface area contributed by atoms with Crippen LogP contribution in [0.25, 0.3) is 16.6 Å². The van der Waals surface area contributed by atoms with Gasteiger partial charge in [0.15, 0.2) is 0 Å². The van der Waals surface area contributed by atoms with Gasteiger partial charge in [0, 0.05) is 29.3 Å². The van der Waals surface area contributed by atoms with Crippen molar-refractivity contribution in [1.82, 2.24) is 10.3 Å². The molecule has 8 nitrogen and oxygen atoms in total. The highest BCUT2D eigenvalue weighted by Crippen LogP contribution is 2.29. The van der Waals surface area contributed by atoms with Crippen LogP contribution in [0.15, 0.2) is 54.2 Å². The molecule has 3 aromatic rings. The molecular formula is C25H29ClN4O4. The number of H-pyrrole nitrogens is 1. The van der Waals surface area contributed by atoms with Crippen LogP contribution in [-0.4, -0.2) is 36.1 Å². The summed E-state index contributed by atoms with van der Waals surface area (Å²) in [5.41, 5.74) is 3.69. The number of aromatic amines is 1.